The zero-order valence-corrected chi connectivity index (χ0v) is 15.6. The Morgan fingerprint density at radius 1 is 1.12 bits per heavy atom. The molecule has 2 aliphatic rings. The number of hydrogen-bond donors (Lipinski definition) is 1. The minimum absolute atomic E-state index is 0. The quantitative estimate of drug-likeness (QED) is 0.867. The van der Waals surface area contributed by atoms with Gasteiger partial charge in [0.15, 0.2) is 0 Å². The largest absolute Gasteiger partial charge is 0.314 e. The van der Waals surface area contributed by atoms with Gasteiger partial charge in [0, 0.05) is 56.9 Å². The summed E-state index contributed by atoms with van der Waals surface area (Å²) in [7, 11) is -3.47. The van der Waals surface area contributed by atoms with E-state index in [-0.39, 0.29) is 12.4 Å². The molecule has 3 heterocycles. The van der Waals surface area contributed by atoms with Crippen LogP contribution in [0.15, 0.2) is 41.4 Å². The van der Waals surface area contributed by atoms with Crippen LogP contribution in [0.1, 0.15) is 6.42 Å². The molecule has 2 aromatic rings. The monoisotopic (exact) mass is 382 g/mol. The highest BCUT2D eigenvalue weighted by Gasteiger charge is 2.35. The molecule has 0 radical (unpaired) electrons. The van der Waals surface area contributed by atoms with Crippen LogP contribution in [-0.2, 0) is 10.0 Å². The second-order valence-corrected chi connectivity index (χ2v) is 8.39. The fourth-order valence-corrected chi connectivity index (χ4v) is 5.09. The van der Waals surface area contributed by atoms with Crippen LogP contribution in [-0.4, -0.2) is 67.9 Å². The number of benzene rings is 1. The summed E-state index contributed by atoms with van der Waals surface area (Å²) in [6.45, 7) is 5.13. The molecule has 2 fully saturated rings. The number of hydrogen-bond acceptors (Lipinski definition) is 5. The van der Waals surface area contributed by atoms with E-state index >= 15 is 0 Å². The molecule has 4 rings (SSSR count). The van der Waals surface area contributed by atoms with E-state index in [1.807, 2.05) is 24.3 Å². The Morgan fingerprint density at radius 2 is 1.88 bits per heavy atom. The predicted octanol–water partition coefficient (Wildman–Crippen LogP) is 1.32. The summed E-state index contributed by atoms with van der Waals surface area (Å²) in [5.41, 5.74) is 0.816. The Balaban J connectivity index is 0.00000182. The van der Waals surface area contributed by atoms with E-state index in [0.29, 0.717) is 24.0 Å². The van der Waals surface area contributed by atoms with Crippen molar-refractivity contribution in [3.63, 3.8) is 0 Å². The van der Waals surface area contributed by atoms with Crippen molar-refractivity contribution in [2.24, 2.45) is 0 Å². The van der Waals surface area contributed by atoms with Crippen LogP contribution in [0, 0.1) is 0 Å². The average molecular weight is 383 g/mol. The van der Waals surface area contributed by atoms with Gasteiger partial charge in [0.2, 0.25) is 10.0 Å². The minimum Gasteiger partial charge on any atom is -0.314 e. The van der Waals surface area contributed by atoms with Crippen molar-refractivity contribution >= 4 is 33.3 Å². The molecule has 0 bridgehead atoms. The number of aromatic nitrogens is 1. The molecular weight excluding hydrogens is 360 g/mol. The van der Waals surface area contributed by atoms with E-state index in [0.717, 1.165) is 43.5 Å². The van der Waals surface area contributed by atoms with E-state index < -0.39 is 10.0 Å². The van der Waals surface area contributed by atoms with Crippen LogP contribution < -0.4 is 5.32 Å². The number of halogens is 1. The van der Waals surface area contributed by atoms with Gasteiger partial charge in [0.1, 0.15) is 4.90 Å². The Morgan fingerprint density at radius 3 is 2.68 bits per heavy atom. The predicted molar refractivity (Wildman–Crippen MR) is 101 cm³/mol. The molecule has 6 nitrogen and oxygen atoms in total. The van der Waals surface area contributed by atoms with Crippen molar-refractivity contribution < 1.29 is 8.42 Å². The molecule has 0 amide bonds. The Labute approximate surface area is 154 Å². The van der Waals surface area contributed by atoms with E-state index in [2.05, 4.69) is 15.2 Å². The Kier molecular flexibility index (Phi) is 5.60. The number of pyridine rings is 1. The third-order valence-corrected chi connectivity index (χ3v) is 6.83. The number of piperazine rings is 1. The minimum atomic E-state index is -3.47. The van der Waals surface area contributed by atoms with Gasteiger partial charge in [-0.1, -0.05) is 18.2 Å². The number of nitrogens with zero attached hydrogens (tertiary/aromatic N) is 3. The molecule has 136 valence electrons. The lowest BCUT2D eigenvalue weighted by Gasteiger charge is -2.32. The summed E-state index contributed by atoms with van der Waals surface area (Å²) in [4.78, 5) is 7.00. The van der Waals surface area contributed by atoms with Crippen LogP contribution in [0.3, 0.4) is 0 Å². The van der Waals surface area contributed by atoms with Gasteiger partial charge >= 0.3 is 0 Å². The third kappa shape index (κ3) is 3.66. The molecular formula is C17H23ClN4O2S. The van der Waals surface area contributed by atoms with Crippen LogP contribution in [0.2, 0.25) is 0 Å². The van der Waals surface area contributed by atoms with Crippen molar-refractivity contribution in [3.05, 3.63) is 36.5 Å². The highest BCUT2D eigenvalue weighted by molar-refractivity contribution is 7.89. The maximum Gasteiger partial charge on any atom is 0.244 e. The maximum absolute atomic E-state index is 13.0. The zero-order chi connectivity index (χ0) is 16.6. The molecule has 0 aliphatic carbocycles. The molecule has 25 heavy (non-hydrogen) atoms. The lowest BCUT2D eigenvalue weighted by Crippen LogP contribution is -2.49. The van der Waals surface area contributed by atoms with Crippen LogP contribution >= 0.6 is 12.4 Å². The normalized spacial score (nSPS) is 22.8. The van der Waals surface area contributed by atoms with Gasteiger partial charge in [-0.05, 0) is 18.6 Å². The summed E-state index contributed by atoms with van der Waals surface area (Å²) >= 11 is 0. The van der Waals surface area contributed by atoms with Crippen molar-refractivity contribution in [2.75, 3.05) is 39.3 Å². The van der Waals surface area contributed by atoms with Crippen LogP contribution in [0.4, 0.5) is 0 Å². The van der Waals surface area contributed by atoms with Crippen LogP contribution in [0.5, 0.6) is 0 Å². The molecule has 2 aliphatic heterocycles. The van der Waals surface area contributed by atoms with Gasteiger partial charge in [-0.2, -0.15) is 4.31 Å². The Hall–Kier alpha value is -1.25. The highest BCUT2D eigenvalue weighted by atomic mass is 35.5. The number of nitrogens with one attached hydrogen (secondary N) is 1. The topological polar surface area (TPSA) is 65.5 Å². The first-order valence-electron chi connectivity index (χ1n) is 8.44. The Bertz CT molecular complexity index is 839. The first-order valence-corrected chi connectivity index (χ1v) is 9.88. The van der Waals surface area contributed by atoms with Crippen molar-refractivity contribution in [1.82, 2.24) is 19.5 Å². The zero-order valence-electron chi connectivity index (χ0n) is 14.0. The summed E-state index contributed by atoms with van der Waals surface area (Å²) in [5, 5.41) is 4.20. The standard InChI is InChI=1S/C17H22N4O2S.ClH/c22-24(23,16-11-14-3-1-2-4-17(14)19-12-16)21-8-5-15(13-21)20-9-6-18-7-10-20;/h1-4,11-12,15,18H,5-10,13H2;1H. The smallest absolute Gasteiger partial charge is 0.244 e. The molecule has 1 unspecified atom stereocenters. The molecule has 1 N–H and O–H groups in total. The molecule has 1 atom stereocenters. The summed E-state index contributed by atoms with van der Waals surface area (Å²) in [5.74, 6) is 0. The second kappa shape index (κ2) is 7.55. The van der Waals surface area contributed by atoms with Crippen LogP contribution in [0.25, 0.3) is 10.9 Å². The molecule has 0 saturated carbocycles. The maximum atomic E-state index is 13.0. The van der Waals surface area contributed by atoms with E-state index in [1.165, 1.54) is 6.20 Å². The molecule has 1 aromatic carbocycles. The van der Waals surface area contributed by atoms with E-state index in [9.17, 15) is 8.42 Å². The lowest BCUT2D eigenvalue weighted by atomic mass is 10.2. The van der Waals surface area contributed by atoms with Gasteiger partial charge in [0.25, 0.3) is 0 Å². The SMILES string of the molecule is Cl.O=S(=O)(c1cnc2ccccc2c1)N1CCC(N2CCNCC2)C1. The fraction of sp³-hybridized carbons (Fsp3) is 0.471. The van der Waals surface area contributed by atoms with Crippen molar-refractivity contribution in [1.29, 1.82) is 0 Å². The fourth-order valence-electron chi connectivity index (χ4n) is 3.62. The lowest BCUT2D eigenvalue weighted by molar-refractivity contribution is 0.179. The first-order chi connectivity index (χ1) is 11.6. The van der Waals surface area contributed by atoms with E-state index in [1.54, 1.807) is 10.4 Å². The second-order valence-electron chi connectivity index (χ2n) is 6.46. The highest BCUT2D eigenvalue weighted by Crippen LogP contribution is 2.25. The van der Waals surface area contributed by atoms with E-state index in [4.69, 9.17) is 0 Å². The van der Waals surface area contributed by atoms with Gasteiger partial charge in [-0.3, -0.25) is 9.88 Å². The number of para-hydroxylation sites is 1. The molecule has 8 heteroatoms. The van der Waals surface area contributed by atoms with Gasteiger partial charge in [-0.25, -0.2) is 8.42 Å². The number of fused-ring (bicyclic) bond motifs is 1. The summed E-state index contributed by atoms with van der Waals surface area (Å²) < 4.78 is 27.5. The average Bonchev–Trinajstić information content (AvgIpc) is 3.13. The summed E-state index contributed by atoms with van der Waals surface area (Å²) in [6.07, 6.45) is 2.38. The molecule has 1 aromatic heterocycles. The van der Waals surface area contributed by atoms with Crippen molar-refractivity contribution in [3.8, 4) is 0 Å². The number of rotatable bonds is 3. The van der Waals surface area contributed by atoms with Gasteiger partial charge in [-0.15, -0.1) is 12.4 Å². The first kappa shape index (κ1) is 18.5. The van der Waals surface area contributed by atoms with Gasteiger partial charge in [0.05, 0.1) is 5.52 Å². The molecule has 0 spiro atoms. The summed E-state index contributed by atoms with van der Waals surface area (Å²) in [6, 6.07) is 9.65. The molecule has 2 saturated heterocycles. The van der Waals surface area contributed by atoms with Crippen molar-refractivity contribution in [2.45, 2.75) is 17.4 Å². The number of sulfonamides is 1. The third-order valence-electron chi connectivity index (χ3n) is 5.00. The van der Waals surface area contributed by atoms with Gasteiger partial charge < -0.3 is 5.32 Å².